The Bertz CT molecular complexity index is 451. The molecule has 1 aromatic heterocycles. The number of nitrogen functional groups attached to an aromatic ring is 1. The van der Waals surface area contributed by atoms with Gasteiger partial charge in [0.2, 0.25) is 0 Å². The summed E-state index contributed by atoms with van der Waals surface area (Å²) in [6.45, 7) is 2.95. The zero-order valence-corrected chi connectivity index (χ0v) is 12.9. The van der Waals surface area contributed by atoms with Gasteiger partial charge in [0.05, 0.1) is 0 Å². The van der Waals surface area contributed by atoms with Crippen molar-refractivity contribution in [1.29, 1.82) is 0 Å². The van der Waals surface area contributed by atoms with Crippen molar-refractivity contribution in [3.8, 4) is 0 Å². The summed E-state index contributed by atoms with van der Waals surface area (Å²) in [7, 11) is 1.79. The molecule has 21 heavy (non-hydrogen) atoms. The fourth-order valence-electron chi connectivity index (χ4n) is 2.13. The van der Waals surface area contributed by atoms with E-state index in [0.29, 0.717) is 17.9 Å². The van der Waals surface area contributed by atoms with Gasteiger partial charge < -0.3 is 15.4 Å². The van der Waals surface area contributed by atoms with Gasteiger partial charge in [0.25, 0.3) is 5.91 Å². The summed E-state index contributed by atoms with van der Waals surface area (Å²) < 4.78 is 0. The fraction of sp³-hybridized carbons (Fsp3) is 0.600. The Hall–Kier alpha value is -1.66. The number of anilines is 1. The first-order valence-electron chi connectivity index (χ1n) is 7.46. The number of aryl methyl sites for hydroxylation is 1. The molecule has 0 aromatic carbocycles. The van der Waals surface area contributed by atoms with Crippen LogP contribution in [0.4, 0.5) is 5.82 Å². The Balaban J connectivity index is 2.73. The minimum Gasteiger partial charge on any atom is -0.396 e. The van der Waals surface area contributed by atoms with Crippen molar-refractivity contribution in [3.63, 3.8) is 0 Å². The number of carbonyl (C=O) groups is 1. The van der Waals surface area contributed by atoms with Crippen LogP contribution in [0.15, 0.2) is 12.1 Å². The highest BCUT2D eigenvalue weighted by atomic mass is 16.2. The molecule has 4 N–H and O–H groups in total. The minimum absolute atomic E-state index is 0.0322. The van der Waals surface area contributed by atoms with Crippen LogP contribution in [0.1, 0.15) is 48.7 Å². The highest BCUT2D eigenvalue weighted by Crippen LogP contribution is 2.13. The Kier molecular flexibility index (Phi) is 7.71. The molecule has 0 unspecified atom stereocenters. The van der Waals surface area contributed by atoms with Crippen LogP contribution in [-0.4, -0.2) is 41.1 Å². The molecule has 118 valence electrons. The van der Waals surface area contributed by atoms with E-state index < -0.39 is 0 Å². The van der Waals surface area contributed by atoms with E-state index in [0.717, 1.165) is 37.8 Å². The zero-order valence-electron chi connectivity index (χ0n) is 12.9. The predicted octanol–water partition coefficient (Wildman–Crippen LogP) is 1.55. The number of unbranched alkanes of at least 4 members (excludes halogenated alkanes) is 2. The van der Waals surface area contributed by atoms with Crippen molar-refractivity contribution >= 4 is 11.7 Å². The van der Waals surface area contributed by atoms with Crippen LogP contribution in [0.25, 0.3) is 0 Å². The van der Waals surface area contributed by atoms with Gasteiger partial charge in [0.15, 0.2) is 0 Å². The molecule has 0 aliphatic heterocycles. The molecule has 0 spiro atoms. The summed E-state index contributed by atoms with van der Waals surface area (Å²) >= 11 is 0. The van der Waals surface area contributed by atoms with Crippen molar-refractivity contribution in [2.75, 3.05) is 25.6 Å². The summed E-state index contributed by atoms with van der Waals surface area (Å²) in [5, 5.41) is 8.75. The molecule has 6 heteroatoms. The van der Waals surface area contributed by atoms with Crippen molar-refractivity contribution in [3.05, 3.63) is 23.4 Å². The lowest BCUT2D eigenvalue weighted by Crippen LogP contribution is -2.28. The van der Waals surface area contributed by atoms with Gasteiger partial charge in [-0.05, 0) is 37.8 Å². The van der Waals surface area contributed by atoms with E-state index in [2.05, 4.69) is 17.3 Å². The third kappa shape index (κ3) is 5.69. The summed E-state index contributed by atoms with van der Waals surface area (Å²) in [6, 6.07) is 3.50. The third-order valence-corrected chi connectivity index (χ3v) is 3.28. The van der Waals surface area contributed by atoms with E-state index in [1.165, 1.54) is 0 Å². The molecule has 0 saturated heterocycles. The average molecular weight is 294 g/mol. The highest BCUT2D eigenvalue weighted by Gasteiger charge is 2.13. The van der Waals surface area contributed by atoms with Gasteiger partial charge in [0.1, 0.15) is 5.82 Å². The zero-order chi connectivity index (χ0) is 15.7. The number of aliphatic hydroxyl groups is 1. The summed E-state index contributed by atoms with van der Waals surface area (Å²) in [4.78, 5) is 18.4. The van der Waals surface area contributed by atoms with Gasteiger partial charge in [-0.2, -0.15) is 0 Å². The van der Waals surface area contributed by atoms with Crippen LogP contribution in [0.5, 0.6) is 0 Å². The molecule has 0 aliphatic carbocycles. The van der Waals surface area contributed by atoms with Gasteiger partial charge in [-0.3, -0.25) is 4.79 Å². The second-order valence-corrected chi connectivity index (χ2v) is 5.14. The molecule has 0 radical (unpaired) electrons. The molecule has 0 saturated carbocycles. The number of hydrogen-bond donors (Lipinski definition) is 3. The monoisotopic (exact) mass is 294 g/mol. The first kappa shape index (κ1) is 17.4. The van der Waals surface area contributed by atoms with E-state index in [1.807, 2.05) is 6.07 Å². The topological polar surface area (TPSA) is 91.5 Å². The molecule has 1 amide bonds. The summed E-state index contributed by atoms with van der Waals surface area (Å²) in [5.41, 5.74) is 3.98. The smallest absolute Gasteiger partial charge is 0.253 e. The average Bonchev–Trinajstić information content (AvgIpc) is 2.50. The maximum atomic E-state index is 12.4. The minimum atomic E-state index is -0.0322. The number of amides is 1. The van der Waals surface area contributed by atoms with Crippen LogP contribution < -0.4 is 11.3 Å². The number of nitrogens with two attached hydrogens (primary N) is 1. The van der Waals surface area contributed by atoms with Crippen molar-refractivity contribution < 1.29 is 9.90 Å². The number of aromatic nitrogens is 1. The second-order valence-electron chi connectivity index (χ2n) is 5.14. The number of nitrogens with one attached hydrogen (secondary N) is 1. The lowest BCUT2D eigenvalue weighted by molar-refractivity contribution is 0.0792. The van der Waals surface area contributed by atoms with Gasteiger partial charge in [-0.25, -0.2) is 10.8 Å². The number of aliphatic hydroxyl groups excluding tert-OH is 1. The Morgan fingerprint density at radius 2 is 2.14 bits per heavy atom. The van der Waals surface area contributed by atoms with Crippen LogP contribution in [-0.2, 0) is 6.42 Å². The number of hydrazine groups is 1. The fourth-order valence-corrected chi connectivity index (χ4v) is 2.13. The maximum Gasteiger partial charge on any atom is 0.253 e. The molecule has 0 fully saturated rings. The molecule has 1 heterocycles. The molecule has 0 bridgehead atoms. The lowest BCUT2D eigenvalue weighted by atomic mass is 10.1. The molecule has 0 aliphatic rings. The van der Waals surface area contributed by atoms with E-state index in [9.17, 15) is 4.79 Å². The number of rotatable bonds is 9. The number of hydrogen-bond acceptors (Lipinski definition) is 5. The van der Waals surface area contributed by atoms with E-state index in [4.69, 9.17) is 10.9 Å². The molecule has 1 aromatic rings. The first-order chi connectivity index (χ1) is 10.1. The van der Waals surface area contributed by atoms with E-state index >= 15 is 0 Å². The normalized spacial score (nSPS) is 10.5. The first-order valence-corrected chi connectivity index (χ1v) is 7.46. The number of nitrogens with zero attached hydrogens (tertiary/aromatic N) is 2. The summed E-state index contributed by atoms with van der Waals surface area (Å²) in [5.74, 6) is 5.89. The summed E-state index contributed by atoms with van der Waals surface area (Å²) in [6.07, 6.45) is 4.36. The quantitative estimate of drug-likeness (QED) is 0.365. The Morgan fingerprint density at radius 3 is 2.76 bits per heavy atom. The maximum absolute atomic E-state index is 12.4. The van der Waals surface area contributed by atoms with Crippen molar-refractivity contribution in [2.45, 2.75) is 39.0 Å². The van der Waals surface area contributed by atoms with Crippen LogP contribution >= 0.6 is 0 Å². The third-order valence-electron chi connectivity index (χ3n) is 3.28. The Morgan fingerprint density at radius 1 is 1.38 bits per heavy atom. The predicted molar refractivity (Wildman–Crippen MR) is 83.9 cm³/mol. The van der Waals surface area contributed by atoms with E-state index in [-0.39, 0.29) is 12.5 Å². The van der Waals surface area contributed by atoms with E-state index in [1.54, 1.807) is 18.0 Å². The largest absolute Gasteiger partial charge is 0.396 e. The Labute approximate surface area is 126 Å². The number of carbonyl (C=O) groups excluding carboxylic acids is 1. The number of pyridine rings is 1. The molecule has 0 atom stereocenters. The van der Waals surface area contributed by atoms with Crippen molar-refractivity contribution in [2.24, 2.45) is 5.84 Å². The van der Waals surface area contributed by atoms with Crippen molar-refractivity contribution in [1.82, 2.24) is 9.88 Å². The van der Waals surface area contributed by atoms with Crippen LogP contribution in [0.3, 0.4) is 0 Å². The second kappa shape index (κ2) is 9.31. The van der Waals surface area contributed by atoms with Crippen LogP contribution in [0.2, 0.25) is 0 Å². The molecular formula is C15H26N4O2. The van der Waals surface area contributed by atoms with Gasteiger partial charge in [-0.15, -0.1) is 0 Å². The molecule has 6 nitrogen and oxygen atoms in total. The molecular weight excluding hydrogens is 268 g/mol. The van der Waals surface area contributed by atoms with Crippen LogP contribution in [0, 0.1) is 0 Å². The standard InChI is InChI=1S/C15H26N4O2/c1-3-7-13-10-12(11-14(17-13)18-16)15(21)19(2)8-5-4-6-9-20/h10-11,20H,3-9,16H2,1-2H3,(H,17,18). The highest BCUT2D eigenvalue weighted by molar-refractivity contribution is 5.94. The SMILES string of the molecule is CCCc1cc(C(=O)N(C)CCCCCO)cc(NN)n1. The molecule has 1 rings (SSSR count). The van der Waals surface area contributed by atoms with Gasteiger partial charge >= 0.3 is 0 Å². The van der Waals surface area contributed by atoms with Gasteiger partial charge in [-0.1, -0.05) is 13.3 Å². The lowest BCUT2D eigenvalue weighted by Gasteiger charge is -2.18. The van der Waals surface area contributed by atoms with Gasteiger partial charge in [0, 0.05) is 31.5 Å².